The van der Waals surface area contributed by atoms with Gasteiger partial charge >= 0.3 is 0 Å². The molecule has 1 aliphatic carbocycles. The number of Topliss-reactive ketones (excluding diaryl/α,β-unsaturated/α-hetero) is 1. The molecule has 3 aromatic rings. The van der Waals surface area contributed by atoms with E-state index in [1.807, 2.05) is 12.1 Å². The second kappa shape index (κ2) is 7.79. The zero-order chi connectivity index (χ0) is 19.6. The van der Waals surface area contributed by atoms with Crippen LogP contribution in [0.25, 0.3) is 0 Å². The summed E-state index contributed by atoms with van der Waals surface area (Å²) in [5.74, 6) is 1.76. The third-order valence-corrected chi connectivity index (χ3v) is 5.88. The lowest BCUT2D eigenvalue weighted by Gasteiger charge is -2.35. The predicted molar refractivity (Wildman–Crippen MR) is 110 cm³/mol. The number of piperazine rings is 1. The van der Waals surface area contributed by atoms with Crippen molar-refractivity contribution in [2.24, 2.45) is 0 Å². The van der Waals surface area contributed by atoms with Crippen LogP contribution in [0, 0.1) is 0 Å². The Morgan fingerprint density at radius 1 is 1.00 bits per heavy atom. The SMILES string of the molecule is O=C1C[C@@H](c2ccco2)Cc2nc(N3CCN(Cc4ccccc4)CC3)ncc21. The van der Waals surface area contributed by atoms with E-state index in [0.29, 0.717) is 12.0 Å². The first kappa shape index (κ1) is 18.1. The highest BCUT2D eigenvalue weighted by atomic mass is 16.3. The highest BCUT2D eigenvalue weighted by Gasteiger charge is 2.30. The molecule has 2 aliphatic rings. The molecular formula is C23H24N4O2. The van der Waals surface area contributed by atoms with E-state index in [2.05, 4.69) is 45.1 Å². The predicted octanol–water partition coefficient (Wildman–Crippen LogP) is 3.30. The number of ketones is 1. The average molecular weight is 388 g/mol. The van der Waals surface area contributed by atoms with E-state index in [4.69, 9.17) is 9.40 Å². The smallest absolute Gasteiger partial charge is 0.225 e. The normalized spacial score (nSPS) is 19.9. The van der Waals surface area contributed by atoms with Crippen molar-refractivity contribution in [3.05, 3.63) is 77.5 Å². The summed E-state index contributed by atoms with van der Waals surface area (Å²) in [5, 5.41) is 0. The molecule has 0 saturated carbocycles. The van der Waals surface area contributed by atoms with Gasteiger partial charge in [-0.1, -0.05) is 30.3 Å². The van der Waals surface area contributed by atoms with Gasteiger partial charge in [-0.25, -0.2) is 9.97 Å². The van der Waals surface area contributed by atoms with Gasteiger partial charge in [0.15, 0.2) is 5.78 Å². The molecule has 1 fully saturated rings. The summed E-state index contributed by atoms with van der Waals surface area (Å²) in [6, 6.07) is 14.4. The number of aromatic nitrogens is 2. The van der Waals surface area contributed by atoms with Gasteiger partial charge < -0.3 is 9.32 Å². The number of furan rings is 1. The number of nitrogens with zero attached hydrogens (tertiary/aromatic N) is 4. The first-order chi connectivity index (χ1) is 14.3. The van der Waals surface area contributed by atoms with Gasteiger partial charge in [0.1, 0.15) is 5.76 Å². The minimum Gasteiger partial charge on any atom is -0.469 e. The van der Waals surface area contributed by atoms with Gasteiger partial charge in [0.05, 0.1) is 17.5 Å². The lowest BCUT2D eigenvalue weighted by molar-refractivity contribution is 0.0958. The number of rotatable bonds is 4. The van der Waals surface area contributed by atoms with Gasteiger partial charge in [0.25, 0.3) is 0 Å². The van der Waals surface area contributed by atoms with Crippen LogP contribution in [0.2, 0.25) is 0 Å². The largest absolute Gasteiger partial charge is 0.469 e. The van der Waals surface area contributed by atoms with Crippen LogP contribution >= 0.6 is 0 Å². The molecule has 0 N–H and O–H groups in total. The standard InChI is InChI=1S/C23H24N4O2/c28-21-14-18(22-7-4-12-29-22)13-20-19(21)15-24-23(25-20)27-10-8-26(9-11-27)16-17-5-2-1-3-6-17/h1-7,12,15,18H,8-11,13-14,16H2/t18-/m0/s1. The van der Waals surface area contributed by atoms with Gasteiger partial charge in [-0.05, 0) is 17.7 Å². The van der Waals surface area contributed by atoms with E-state index in [0.717, 1.165) is 56.5 Å². The molecule has 0 bridgehead atoms. The summed E-state index contributed by atoms with van der Waals surface area (Å²) in [4.78, 5) is 26.5. The van der Waals surface area contributed by atoms with Crippen LogP contribution in [-0.4, -0.2) is 46.8 Å². The third kappa shape index (κ3) is 3.80. The van der Waals surface area contributed by atoms with Crippen LogP contribution in [0.5, 0.6) is 0 Å². The molecule has 3 heterocycles. The Balaban J connectivity index is 1.27. The molecule has 6 heteroatoms. The molecule has 0 amide bonds. The maximum absolute atomic E-state index is 12.6. The number of hydrogen-bond donors (Lipinski definition) is 0. The minimum atomic E-state index is 0.0652. The fraction of sp³-hybridized carbons (Fsp3) is 0.348. The average Bonchev–Trinajstić information content (AvgIpc) is 3.30. The van der Waals surface area contributed by atoms with Crippen LogP contribution in [0.15, 0.2) is 59.3 Å². The second-order valence-corrected chi connectivity index (χ2v) is 7.82. The molecule has 1 saturated heterocycles. The number of benzene rings is 1. The van der Waals surface area contributed by atoms with Crippen LogP contribution in [0.1, 0.15) is 39.7 Å². The van der Waals surface area contributed by atoms with Crippen molar-refractivity contribution in [2.75, 3.05) is 31.1 Å². The Morgan fingerprint density at radius 2 is 1.83 bits per heavy atom. The first-order valence-electron chi connectivity index (χ1n) is 10.2. The molecule has 0 unspecified atom stereocenters. The summed E-state index contributed by atoms with van der Waals surface area (Å²) >= 11 is 0. The van der Waals surface area contributed by atoms with Gasteiger partial charge in [0, 0.05) is 57.7 Å². The van der Waals surface area contributed by atoms with E-state index in [1.165, 1.54) is 5.56 Å². The van der Waals surface area contributed by atoms with Crippen molar-refractivity contribution in [1.29, 1.82) is 0 Å². The van der Waals surface area contributed by atoms with Crippen molar-refractivity contribution in [2.45, 2.75) is 25.3 Å². The lowest BCUT2D eigenvalue weighted by Crippen LogP contribution is -2.46. The topological polar surface area (TPSA) is 62.5 Å². The van der Waals surface area contributed by atoms with Gasteiger partial charge in [0.2, 0.25) is 5.95 Å². The van der Waals surface area contributed by atoms with Crippen molar-refractivity contribution in [3.8, 4) is 0 Å². The zero-order valence-electron chi connectivity index (χ0n) is 16.3. The first-order valence-corrected chi connectivity index (χ1v) is 10.2. The minimum absolute atomic E-state index is 0.0652. The monoisotopic (exact) mass is 388 g/mol. The Kier molecular flexibility index (Phi) is 4.86. The summed E-state index contributed by atoms with van der Waals surface area (Å²) in [7, 11) is 0. The van der Waals surface area contributed by atoms with Crippen LogP contribution in [-0.2, 0) is 13.0 Å². The zero-order valence-corrected chi connectivity index (χ0v) is 16.3. The fourth-order valence-electron chi connectivity index (χ4n) is 4.26. The lowest BCUT2D eigenvalue weighted by atomic mass is 9.85. The molecule has 1 aromatic carbocycles. The Labute approximate surface area is 170 Å². The summed E-state index contributed by atoms with van der Waals surface area (Å²) in [6.45, 7) is 4.70. The molecule has 0 spiro atoms. The van der Waals surface area contributed by atoms with Crippen molar-refractivity contribution in [1.82, 2.24) is 14.9 Å². The van der Waals surface area contributed by atoms with Crippen LogP contribution < -0.4 is 4.90 Å². The van der Waals surface area contributed by atoms with Gasteiger partial charge in [-0.2, -0.15) is 0 Å². The van der Waals surface area contributed by atoms with Crippen molar-refractivity contribution in [3.63, 3.8) is 0 Å². The fourth-order valence-corrected chi connectivity index (χ4v) is 4.26. The van der Waals surface area contributed by atoms with E-state index < -0.39 is 0 Å². The van der Waals surface area contributed by atoms with E-state index in [9.17, 15) is 4.79 Å². The van der Waals surface area contributed by atoms with Crippen molar-refractivity contribution < 1.29 is 9.21 Å². The number of hydrogen-bond acceptors (Lipinski definition) is 6. The molecule has 6 nitrogen and oxygen atoms in total. The number of anilines is 1. The molecule has 0 radical (unpaired) electrons. The molecule has 5 rings (SSSR count). The quantitative estimate of drug-likeness (QED) is 0.683. The van der Waals surface area contributed by atoms with Gasteiger partial charge in [-0.3, -0.25) is 9.69 Å². The summed E-state index contributed by atoms with van der Waals surface area (Å²) in [5.41, 5.74) is 2.85. The number of fused-ring (bicyclic) bond motifs is 1. The van der Waals surface area contributed by atoms with Crippen LogP contribution in [0.3, 0.4) is 0 Å². The van der Waals surface area contributed by atoms with E-state index >= 15 is 0 Å². The Bertz CT molecular complexity index is 979. The molecule has 1 atom stereocenters. The highest BCUT2D eigenvalue weighted by Crippen LogP contribution is 2.32. The van der Waals surface area contributed by atoms with Crippen LogP contribution in [0.4, 0.5) is 5.95 Å². The molecule has 1 aliphatic heterocycles. The molecular weight excluding hydrogens is 364 g/mol. The summed E-state index contributed by atoms with van der Waals surface area (Å²) in [6.07, 6.45) is 4.56. The second-order valence-electron chi connectivity index (χ2n) is 7.82. The Hall–Kier alpha value is -2.99. The maximum Gasteiger partial charge on any atom is 0.225 e. The molecule has 2 aromatic heterocycles. The highest BCUT2D eigenvalue weighted by molar-refractivity contribution is 5.98. The van der Waals surface area contributed by atoms with Crippen molar-refractivity contribution >= 4 is 11.7 Å². The Morgan fingerprint density at radius 3 is 2.59 bits per heavy atom. The van der Waals surface area contributed by atoms with E-state index in [1.54, 1.807) is 12.5 Å². The van der Waals surface area contributed by atoms with E-state index in [-0.39, 0.29) is 11.7 Å². The maximum atomic E-state index is 12.6. The van der Waals surface area contributed by atoms with Gasteiger partial charge in [-0.15, -0.1) is 0 Å². The number of carbonyl (C=O) groups is 1. The summed E-state index contributed by atoms with van der Waals surface area (Å²) < 4.78 is 5.53. The third-order valence-electron chi connectivity index (χ3n) is 5.88. The number of carbonyl (C=O) groups excluding carboxylic acids is 1. The molecule has 148 valence electrons. The molecule has 29 heavy (non-hydrogen) atoms.